The number of thiazole rings is 1. The molecule has 102 valence electrons. The summed E-state index contributed by atoms with van der Waals surface area (Å²) in [5, 5.41) is 2.95. The molecule has 0 amide bonds. The topological polar surface area (TPSA) is 76.3 Å². The van der Waals surface area contributed by atoms with Gasteiger partial charge in [-0.3, -0.25) is 4.90 Å². The molecule has 0 saturated carbocycles. The lowest BCUT2D eigenvalue weighted by molar-refractivity contribution is 0.284. The van der Waals surface area contributed by atoms with Gasteiger partial charge in [0.1, 0.15) is 5.01 Å². The lowest BCUT2D eigenvalue weighted by atomic mass is 10.3. The number of nitrogens with two attached hydrogens (primary N) is 1. The van der Waals surface area contributed by atoms with E-state index in [1.165, 1.54) is 0 Å². The van der Waals surface area contributed by atoms with Gasteiger partial charge >= 0.3 is 0 Å². The first-order valence-electron chi connectivity index (χ1n) is 6.09. The van der Waals surface area contributed by atoms with Gasteiger partial charge in [0, 0.05) is 18.5 Å². The Morgan fingerprint density at radius 1 is 1.50 bits per heavy atom. The highest BCUT2D eigenvalue weighted by molar-refractivity contribution is 7.91. The Kier molecular flexibility index (Phi) is 4.37. The molecule has 2 rings (SSSR count). The van der Waals surface area contributed by atoms with Crippen molar-refractivity contribution in [3.63, 3.8) is 0 Å². The number of aromatic nitrogens is 1. The molecular formula is C11H19N3O2S2. The minimum Gasteiger partial charge on any atom is -0.322 e. The predicted molar refractivity (Wildman–Crippen MR) is 73.3 cm³/mol. The summed E-state index contributed by atoms with van der Waals surface area (Å²) in [5.74, 6) is 0.572. The van der Waals surface area contributed by atoms with Crippen molar-refractivity contribution < 1.29 is 8.42 Å². The van der Waals surface area contributed by atoms with Crippen LogP contribution in [0.3, 0.4) is 0 Å². The molecule has 18 heavy (non-hydrogen) atoms. The first kappa shape index (κ1) is 13.9. The molecule has 1 saturated heterocycles. The average Bonchev–Trinajstić information content (AvgIpc) is 2.67. The Bertz CT molecular complexity index is 496. The SMILES string of the molecule is CC(N)c1nc(CN2CCCS(=O)(=O)CC2)cs1. The highest BCUT2D eigenvalue weighted by atomic mass is 32.2. The van der Waals surface area contributed by atoms with Crippen molar-refractivity contribution in [1.29, 1.82) is 0 Å². The second-order valence-electron chi connectivity index (χ2n) is 4.75. The molecule has 2 N–H and O–H groups in total. The number of nitrogens with zero attached hydrogens (tertiary/aromatic N) is 2. The first-order chi connectivity index (χ1) is 8.46. The number of hydrogen-bond donors (Lipinski definition) is 1. The van der Waals surface area contributed by atoms with Crippen LogP contribution >= 0.6 is 11.3 Å². The van der Waals surface area contributed by atoms with Gasteiger partial charge in [0.15, 0.2) is 9.84 Å². The van der Waals surface area contributed by atoms with Gasteiger partial charge in [-0.15, -0.1) is 11.3 Å². The molecule has 1 aromatic heterocycles. The van der Waals surface area contributed by atoms with E-state index in [1.54, 1.807) is 11.3 Å². The van der Waals surface area contributed by atoms with E-state index in [4.69, 9.17) is 5.73 Å². The van der Waals surface area contributed by atoms with Gasteiger partial charge in [-0.25, -0.2) is 13.4 Å². The molecule has 1 aliphatic rings. The predicted octanol–water partition coefficient (Wildman–Crippen LogP) is 0.783. The summed E-state index contributed by atoms with van der Waals surface area (Å²) >= 11 is 1.57. The monoisotopic (exact) mass is 289 g/mol. The molecule has 2 heterocycles. The molecule has 0 aromatic carbocycles. The van der Waals surface area contributed by atoms with E-state index in [-0.39, 0.29) is 11.8 Å². The molecule has 1 unspecified atom stereocenters. The highest BCUT2D eigenvalue weighted by Crippen LogP contribution is 2.17. The molecule has 1 aliphatic heterocycles. The van der Waals surface area contributed by atoms with Crippen molar-refractivity contribution >= 4 is 21.2 Å². The maximum atomic E-state index is 11.5. The Hall–Kier alpha value is -0.500. The quantitative estimate of drug-likeness (QED) is 0.890. The van der Waals surface area contributed by atoms with E-state index in [9.17, 15) is 8.42 Å². The highest BCUT2D eigenvalue weighted by Gasteiger charge is 2.19. The van der Waals surface area contributed by atoms with E-state index in [1.807, 2.05) is 12.3 Å². The third-order valence-electron chi connectivity index (χ3n) is 2.99. The third-order valence-corrected chi connectivity index (χ3v) is 5.80. The number of rotatable bonds is 3. The average molecular weight is 289 g/mol. The standard InChI is InChI=1S/C11H19N3O2S2/c1-9(12)11-13-10(8-17-11)7-14-3-2-5-18(15,16)6-4-14/h8-9H,2-7,12H2,1H3. The Morgan fingerprint density at radius 3 is 2.94 bits per heavy atom. The van der Waals surface area contributed by atoms with Crippen LogP contribution in [0, 0.1) is 0 Å². The van der Waals surface area contributed by atoms with Crippen LogP contribution in [0.5, 0.6) is 0 Å². The lowest BCUT2D eigenvalue weighted by Gasteiger charge is -2.17. The summed E-state index contributed by atoms with van der Waals surface area (Å²) in [7, 11) is -2.83. The van der Waals surface area contributed by atoms with Crippen LogP contribution in [0.4, 0.5) is 0 Å². The summed E-state index contributed by atoms with van der Waals surface area (Å²) in [5.41, 5.74) is 6.77. The Morgan fingerprint density at radius 2 is 2.28 bits per heavy atom. The summed E-state index contributed by atoms with van der Waals surface area (Å²) in [6, 6.07) is -0.0340. The van der Waals surface area contributed by atoms with Crippen LogP contribution in [0.2, 0.25) is 0 Å². The van der Waals surface area contributed by atoms with Crippen LogP contribution in [-0.2, 0) is 16.4 Å². The molecule has 1 atom stereocenters. The van der Waals surface area contributed by atoms with E-state index in [0.29, 0.717) is 18.7 Å². The van der Waals surface area contributed by atoms with E-state index < -0.39 is 9.84 Å². The fourth-order valence-corrected chi connectivity index (χ4v) is 4.06. The minimum atomic E-state index is -2.83. The maximum absolute atomic E-state index is 11.5. The van der Waals surface area contributed by atoms with Crippen molar-refractivity contribution in [3.05, 3.63) is 16.1 Å². The van der Waals surface area contributed by atoms with E-state index >= 15 is 0 Å². The van der Waals surface area contributed by atoms with Crippen molar-refractivity contribution in [1.82, 2.24) is 9.88 Å². The van der Waals surface area contributed by atoms with Gasteiger partial charge in [-0.2, -0.15) is 0 Å². The van der Waals surface area contributed by atoms with E-state index in [2.05, 4.69) is 9.88 Å². The van der Waals surface area contributed by atoms with Crippen LogP contribution in [0.15, 0.2) is 5.38 Å². The number of hydrogen-bond acceptors (Lipinski definition) is 6. The molecular weight excluding hydrogens is 270 g/mol. The summed E-state index contributed by atoms with van der Waals surface area (Å²) in [6.45, 7) is 4.07. The number of sulfone groups is 1. The molecule has 1 fully saturated rings. The van der Waals surface area contributed by atoms with Crippen LogP contribution < -0.4 is 5.73 Å². The second kappa shape index (κ2) is 5.64. The zero-order chi connectivity index (χ0) is 13.2. The maximum Gasteiger partial charge on any atom is 0.151 e. The lowest BCUT2D eigenvalue weighted by Crippen LogP contribution is -2.26. The Balaban J connectivity index is 1.96. The molecule has 0 bridgehead atoms. The van der Waals surface area contributed by atoms with Crippen LogP contribution in [0.25, 0.3) is 0 Å². The first-order valence-corrected chi connectivity index (χ1v) is 8.79. The second-order valence-corrected chi connectivity index (χ2v) is 7.94. The van der Waals surface area contributed by atoms with Crippen molar-refractivity contribution in [2.24, 2.45) is 5.73 Å². The molecule has 0 aliphatic carbocycles. The molecule has 7 heteroatoms. The van der Waals surface area contributed by atoms with Gasteiger partial charge in [0.25, 0.3) is 0 Å². The van der Waals surface area contributed by atoms with Crippen molar-refractivity contribution in [3.8, 4) is 0 Å². The summed E-state index contributed by atoms with van der Waals surface area (Å²) in [6.07, 6.45) is 0.715. The largest absolute Gasteiger partial charge is 0.322 e. The summed E-state index contributed by atoms with van der Waals surface area (Å²) < 4.78 is 23.0. The molecule has 0 spiro atoms. The van der Waals surface area contributed by atoms with Gasteiger partial charge in [-0.1, -0.05) is 0 Å². The fourth-order valence-electron chi connectivity index (χ4n) is 1.98. The van der Waals surface area contributed by atoms with Gasteiger partial charge in [0.2, 0.25) is 0 Å². The molecule has 1 aromatic rings. The zero-order valence-corrected chi connectivity index (χ0v) is 12.1. The smallest absolute Gasteiger partial charge is 0.151 e. The minimum absolute atomic E-state index is 0.0340. The normalized spacial score (nSPS) is 22.6. The van der Waals surface area contributed by atoms with Gasteiger partial charge < -0.3 is 5.73 Å². The van der Waals surface area contributed by atoms with Crippen molar-refractivity contribution in [2.75, 3.05) is 24.6 Å². The van der Waals surface area contributed by atoms with E-state index in [0.717, 1.165) is 23.8 Å². The Labute approximate surface area is 112 Å². The molecule has 5 nitrogen and oxygen atoms in total. The third kappa shape index (κ3) is 3.74. The van der Waals surface area contributed by atoms with Gasteiger partial charge in [0.05, 0.1) is 23.2 Å². The van der Waals surface area contributed by atoms with Crippen LogP contribution in [0.1, 0.15) is 30.1 Å². The zero-order valence-electron chi connectivity index (χ0n) is 10.5. The fraction of sp³-hybridized carbons (Fsp3) is 0.727. The van der Waals surface area contributed by atoms with Crippen molar-refractivity contribution in [2.45, 2.75) is 25.9 Å². The molecule has 0 radical (unpaired) electrons. The summed E-state index contributed by atoms with van der Waals surface area (Å²) in [4.78, 5) is 6.63. The van der Waals surface area contributed by atoms with Gasteiger partial charge in [-0.05, 0) is 19.9 Å². The van der Waals surface area contributed by atoms with Crippen LogP contribution in [-0.4, -0.2) is 42.9 Å².